The Morgan fingerprint density at radius 3 is 2.29 bits per heavy atom. The van der Waals surface area contributed by atoms with Crippen LogP contribution in [0.4, 0.5) is 0 Å². The van der Waals surface area contributed by atoms with Crippen LogP contribution in [-0.2, 0) is 20.1 Å². The topological polar surface area (TPSA) is 162 Å². The zero-order valence-electron chi connectivity index (χ0n) is 17.8. The van der Waals surface area contributed by atoms with Gasteiger partial charge in [0.25, 0.3) is 10.1 Å². The van der Waals surface area contributed by atoms with Crippen LogP contribution in [0.3, 0.4) is 0 Å². The highest BCUT2D eigenvalue weighted by atomic mass is 32.2. The van der Waals surface area contributed by atoms with Gasteiger partial charge < -0.3 is 0 Å². The molecule has 0 aliphatic carbocycles. The second-order valence-electron chi connectivity index (χ2n) is 7.46. The first-order chi connectivity index (χ1) is 16.6. The lowest BCUT2D eigenvalue weighted by Gasteiger charge is -2.03. The number of pyridine rings is 1. The number of sulfonamides is 1. The summed E-state index contributed by atoms with van der Waals surface area (Å²) < 4.78 is 57.0. The summed E-state index contributed by atoms with van der Waals surface area (Å²) in [6, 6.07) is 20.5. The second-order valence-corrected chi connectivity index (χ2v) is 10.4. The highest BCUT2D eigenvalue weighted by Gasteiger charge is 2.29. The minimum Gasteiger partial charge on any atom is -0.282 e. The standard InChI is InChI=1S/C22H16N6O5S2/c23-34(29,30)17-12-10-16(11-13-17)27-25-22(18-7-1-2-9-20(18)35(31,32)33)26-28(27)19-8-3-5-15-6-4-14-24-21(15)19/h1-14H,(H2-,23,29,30,31,32,33)/p+1. The quantitative estimate of drug-likeness (QED) is 0.267. The van der Waals surface area contributed by atoms with E-state index in [2.05, 4.69) is 15.2 Å². The first-order valence-corrected chi connectivity index (χ1v) is 13.1. The summed E-state index contributed by atoms with van der Waals surface area (Å²) in [6.45, 7) is 0. The fraction of sp³-hybridized carbons (Fsp3) is 0. The van der Waals surface area contributed by atoms with Crippen LogP contribution >= 0.6 is 0 Å². The summed E-state index contributed by atoms with van der Waals surface area (Å²) in [6.07, 6.45) is 1.63. The molecule has 35 heavy (non-hydrogen) atoms. The fourth-order valence-corrected chi connectivity index (χ4v) is 4.81. The maximum absolute atomic E-state index is 12.0. The van der Waals surface area contributed by atoms with E-state index in [1.165, 1.54) is 52.1 Å². The molecule has 0 atom stereocenters. The molecule has 2 aromatic heterocycles. The highest BCUT2D eigenvalue weighted by Crippen LogP contribution is 2.25. The van der Waals surface area contributed by atoms with Crippen LogP contribution in [0.25, 0.3) is 33.7 Å². The van der Waals surface area contributed by atoms with E-state index in [1.54, 1.807) is 30.5 Å². The van der Waals surface area contributed by atoms with Crippen molar-refractivity contribution in [2.45, 2.75) is 9.79 Å². The first-order valence-electron chi connectivity index (χ1n) is 10.1. The van der Waals surface area contributed by atoms with Gasteiger partial charge in [0, 0.05) is 16.4 Å². The van der Waals surface area contributed by atoms with E-state index in [0.717, 1.165) is 5.39 Å². The molecule has 3 aromatic carbocycles. The molecule has 11 nitrogen and oxygen atoms in total. The number of primary sulfonamides is 1. The lowest BCUT2D eigenvalue weighted by molar-refractivity contribution is -0.733. The van der Waals surface area contributed by atoms with Crippen molar-refractivity contribution in [1.29, 1.82) is 0 Å². The van der Waals surface area contributed by atoms with Crippen molar-refractivity contribution in [3.63, 3.8) is 0 Å². The summed E-state index contributed by atoms with van der Waals surface area (Å²) in [7, 11) is -8.47. The first kappa shape index (κ1) is 22.7. The van der Waals surface area contributed by atoms with Crippen LogP contribution in [0, 0.1) is 0 Å². The lowest BCUT2D eigenvalue weighted by atomic mass is 10.2. The molecule has 5 aromatic rings. The average Bonchev–Trinajstić information content (AvgIpc) is 3.28. The number of hydrogen-bond acceptors (Lipinski definition) is 7. The van der Waals surface area contributed by atoms with E-state index in [9.17, 15) is 21.4 Å². The predicted molar refractivity (Wildman–Crippen MR) is 125 cm³/mol. The van der Waals surface area contributed by atoms with Gasteiger partial charge in [0.1, 0.15) is 16.1 Å². The molecule has 13 heteroatoms. The van der Waals surface area contributed by atoms with Crippen LogP contribution < -0.4 is 9.94 Å². The van der Waals surface area contributed by atoms with Gasteiger partial charge in [-0.15, -0.1) is 0 Å². The number of aromatic nitrogens is 5. The molecule has 0 spiro atoms. The van der Waals surface area contributed by atoms with Crippen molar-refractivity contribution in [1.82, 2.24) is 20.0 Å². The maximum Gasteiger partial charge on any atom is 0.341 e. The predicted octanol–water partition coefficient (Wildman–Crippen LogP) is 1.65. The third-order valence-electron chi connectivity index (χ3n) is 5.19. The number of nitrogens with zero attached hydrogens (tertiary/aromatic N) is 5. The molecule has 0 fully saturated rings. The second kappa shape index (κ2) is 8.32. The minimum atomic E-state index is -4.56. The largest absolute Gasteiger partial charge is 0.341 e. The molecule has 0 unspecified atom stereocenters. The van der Waals surface area contributed by atoms with E-state index in [4.69, 9.17) is 5.14 Å². The third-order valence-corrected chi connectivity index (χ3v) is 7.03. The fourth-order valence-electron chi connectivity index (χ4n) is 3.61. The monoisotopic (exact) mass is 509 g/mol. The lowest BCUT2D eigenvalue weighted by Crippen LogP contribution is -2.43. The Kier molecular flexibility index (Phi) is 5.40. The summed E-state index contributed by atoms with van der Waals surface area (Å²) in [5, 5.41) is 15.1. The van der Waals surface area contributed by atoms with Gasteiger partial charge in [-0.1, -0.05) is 30.3 Å². The molecule has 0 saturated carbocycles. The van der Waals surface area contributed by atoms with Crippen molar-refractivity contribution in [3.05, 3.63) is 85.1 Å². The Balaban J connectivity index is 1.79. The van der Waals surface area contributed by atoms with Gasteiger partial charge in [0.15, 0.2) is 0 Å². The zero-order valence-corrected chi connectivity index (χ0v) is 19.4. The Labute approximate surface area is 199 Å². The number of nitrogens with two attached hydrogens (primary N) is 1. The number of benzene rings is 3. The molecule has 0 bridgehead atoms. The van der Waals surface area contributed by atoms with Crippen molar-refractivity contribution in [2.24, 2.45) is 5.14 Å². The Bertz CT molecular complexity index is 1790. The van der Waals surface area contributed by atoms with Crippen LogP contribution in [0.15, 0.2) is 94.9 Å². The molecule has 2 heterocycles. The molecule has 0 amide bonds. The highest BCUT2D eigenvalue weighted by molar-refractivity contribution is 7.89. The SMILES string of the molecule is NS(=O)(=O)c1ccc(-n2nc(-c3ccccc3S(=O)(=O)O)n[n+]2-c2cccc3cccnc23)cc1. The van der Waals surface area contributed by atoms with Gasteiger partial charge in [-0.2, -0.15) is 8.42 Å². The normalized spacial score (nSPS) is 12.2. The molecule has 0 aliphatic heterocycles. The van der Waals surface area contributed by atoms with Crippen molar-refractivity contribution >= 4 is 31.0 Å². The minimum absolute atomic E-state index is 0.00156. The summed E-state index contributed by atoms with van der Waals surface area (Å²) in [5.41, 5.74) is 1.62. The van der Waals surface area contributed by atoms with Crippen molar-refractivity contribution in [2.75, 3.05) is 0 Å². The Morgan fingerprint density at radius 2 is 1.57 bits per heavy atom. The van der Waals surface area contributed by atoms with Crippen molar-refractivity contribution < 1.29 is 26.2 Å². The van der Waals surface area contributed by atoms with Gasteiger partial charge in [-0.05, 0) is 58.4 Å². The third kappa shape index (κ3) is 4.28. The molecule has 0 radical (unpaired) electrons. The molecule has 3 N–H and O–H groups in total. The van der Waals surface area contributed by atoms with Crippen LogP contribution in [0.5, 0.6) is 0 Å². The molecule has 176 valence electrons. The van der Waals surface area contributed by atoms with Crippen LogP contribution in [-0.4, -0.2) is 41.4 Å². The number of hydrogen-bond donors (Lipinski definition) is 2. The van der Waals surface area contributed by atoms with Crippen LogP contribution in [0.2, 0.25) is 0 Å². The summed E-state index contributed by atoms with van der Waals surface area (Å²) in [4.78, 5) is 6.78. The van der Waals surface area contributed by atoms with E-state index in [0.29, 0.717) is 16.9 Å². The summed E-state index contributed by atoms with van der Waals surface area (Å²) in [5.74, 6) is 0.00156. The van der Waals surface area contributed by atoms with Gasteiger partial charge in [-0.25, -0.2) is 13.6 Å². The number of fused-ring (bicyclic) bond motifs is 1. The molecular weight excluding hydrogens is 492 g/mol. The maximum atomic E-state index is 12.0. The molecule has 0 saturated heterocycles. The molecule has 0 aliphatic rings. The van der Waals surface area contributed by atoms with E-state index in [-0.39, 0.29) is 21.2 Å². The van der Waals surface area contributed by atoms with E-state index >= 15 is 0 Å². The van der Waals surface area contributed by atoms with Gasteiger partial charge in [-0.3, -0.25) is 9.54 Å². The zero-order chi connectivity index (χ0) is 24.8. The number of rotatable bonds is 5. The molecule has 5 rings (SSSR count). The van der Waals surface area contributed by atoms with Gasteiger partial charge >= 0.3 is 5.82 Å². The Hall–Kier alpha value is -4.04. The van der Waals surface area contributed by atoms with Gasteiger partial charge in [0.05, 0.1) is 15.6 Å². The molecular formula is C22H17N6O5S2+. The smallest absolute Gasteiger partial charge is 0.282 e. The summed E-state index contributed by atoms with van der Waals surface area (Å²) >= 11 is 0. The average molecular weight is 510 g/mol. The van der Waals surface area contributed by atoms with Gasteiger partial charge in [0.2, 0.25) is 15.7 Å². The van der Waals surface area contributed by atoms with Crippen LogP contribution in [0.1, 0.15) is 0 Å². The number of para-hydroxylation sites is 1. The number of tetrazole rings is 1. The van der Waals surface area contributed by atoms with E-state index in [1.807, 2.05) is 12.1 Å². The van der Waals surface area contributed by atoms with Crippen molar-refractivity contribution in [3.8, 4) is 22.8 Å². The Morgan fingerprint density at radius 1 is 0.857 bits per heavy atom. The van der Waals surface area contributed by atoms with E-state index < -0.39 is 20.1 Å².